The number of anilines is 2. The molecule has 0 aliphatic heterocycles. The maximum atomic E-state index is 11.8. The van der Waals surface area contributed by atoms with E-state index in [0.717, 1.165) is 22.0 Å². The second-order valence-electron chi connectivity index (χ2n) is 5.71. The van der Waals surface area contributed by atoms with Crippen molar-refractivity contribution in [1.82, 2.24) is 0 Å². The van der Waals surface area contributed by atoms with Gasteiger partial charge in [0.25, 0.3) is 0 Å². The molecule has 3 nitrogen and oxygen atoms in total. The Kier molecular flexibility index (Phi) is 5.84. The van der Waals surface area contributed by atoms with Crippen LogP contribution in [0.5, 0.6) is 0 Å². The first-order valence-electron chi connectivity index (χ1n) is 7.41. The minimum Gasteiger partial charge on any atom is -0.381 e. The van der Waals surface area contributed by atoms with Crippen LogP contribution in [0.4, 0.5) is 11.4 Å². The molecule has 0 atom stereocenters. The highest BCUT2D eigenvalue weighted by molar-refractivity contribution is 6.30. The molecule has 22 heavy (non-hydrogen) atoms. The lowest BCUT2D eigenvalue weighted by Crippen LogP contribution is -2.13. The fourth-order valence-corrected chi connectivity index (χ4v) is 2.22. The van der Waals surface area contributed by atoms with Gasteiger partial charge in [-0.2, -0.15) is 0 Å². The predicted octanol–water partition coefficient (Wildman–Crippen LogP) is 4.94. The van der Waals surface area contributed by atoms with E-state index in [-0.39, 0.29) is 5.91 Å². The van der Waals surface area contributed by atoms with Gasteiger partial charge in [-0.3, -0.25) is 4.79 Å². The van der Waals surface area contributed by atoms with Crippen LogP contribution in [-0.2, 0) is 11.3 Å². The summed E-state index contributed by atoms with van der Waals surface area (Å²) in [5.74, 6) is 0.399. The van der Waals surface area contributed by atoms with E-state index in [4.69, 9.17) is 11.6 Å². The van der Waals surface area contributed by atoms with Crippen LogP contribution >= 0.6 is 11.6 Å². The van der Waals surface area contributed by atoms with Crippen molar-refractivity contribution in [2.75, 3.05) is 10.6 Å². The highest BCUT2D eigenvalue weighted by atomic mass is 35.5. The Bertz CT molecular complexity index is 623. The Morgan fingerprint density at radius 2 is 1.77 bits per heavy atom. The molecule has 2 N–H and O–H groups in total. The monoisotopic (exact) mass is 316 g/mol. The molecule has 0 aliphatic carbocycles. The molecule has 0 radical (unpaired) electrons. The van der Waals surface area contributed by atoms with Crippen molar-refractivity contribution in [3.8, 4) is 0 Å². The van der Waals surface area contributed by atoms with E-state index in [1.54, 1.807) is 0 Å². The van der Waals surface area contributed by atoms with Crippen LogP contribution in [-0.4, -0.2) is 5.91 Å². The third-order valence-corrected chi connectivity index (χ3v) is 3.40. The molecule has 4 heteroatoms. The van der Waals surface area contributed by atoms with Crippen molar-refractivity contribution in [2.24, 2.45) is 5.92 Å². The molecule has 116 valence electrons. The summed E-state index contributed by atoms with van der Waals surface area (Å²) in [6.45, 7) is 4.77. The quantitative estimate of drug-likeness (QED) is 0.792. The van der Waals surface area contributed by atoms with Crippen LogP contribution in [0.2, 0.25) is 5.02 Å². The van der Waals surface area contributed by atoms with Gasteiger partial charge in [0.15, 0.2) is 0 Å². The van der Waals surface area contributed by atoms with E-state index < -0.39 is 0 Å². The number of hydrogen-bond donors (Lipinski definition) is 2. The zero-order valence-corrected chi connectivity index (χ0v) is 13.7. The molecule has 0 saturated carbocycles. The summed E-state index contributed by atoms with van der Waals surface area (Å²) in [4.78, 5) is 11.8. The molecule has 2 rings (SSSR count). The van der Waals surface area contributed by atoms with Crippen LogP contribution in [0, 0.1) is 5.92 Å². The summed E-state index contributed by atoms with van der Waals surface area (Å²) in [6.07, 6.45) is 0.530. The van der Waals surface area contributed by atoms with Gasteiger partial charge in [0.05, 0.1) is 0 Å². The third-order valence-electron chi connectivity index (χ3n) is 3.15. The average molecular weight is 317 g/mol. The van der Waals surface area contributed by atoms with Crippen molar-refractivity contribution in [3.05, 3.63) is 59.1 Å². The summed E-state index contributed by atoms with van der Waals surface area (Å²) < 4.78 is 0. The summed E-state index contributed by atoms with van der Waals surface area (Å²) in [6, 6.07) is 15.5. The predicted molar refractivity (Wildman–Crippen MR) is 93.3 cm³/mol. The molecule has 1 amide bonds. The van der Waals surface area contributed by atoms with Crippen LogP contribution in [0.25, 0.3) is 0 Å². The number of carbonyl (C=O) groups is 1. The van der Waals surface area contributed by atoms with E-state index in [1.807, 2.05) is 62.4 Å². The van der Waals surface area contributed by atoms with E-state index in [2.05, 4.69) is 10.6 Å². The molecule has 0 saturated heterocycles. The van der Waals surface area contributed by atoms with Gasteiger partial charge in [-0.25, -0.2) is 0 Å². The average Bonchev–Trinajstić information content (AvgIpc) is 2.46. The number of carbonyl (C=O) groups excluding carboxylic acids is 1. The molecular formula is C18H21ClN2O. The van der Waals surface area contributed by atoms with Crippen LogP contribution in [0.15, 0.2) is 48.5 Å². The standard InChI is InChI=1S/C18H21ClN2O/c1-13(2)10-18(22)21-17-5-3-4-16(11-17)20-12-14-6-8-15(19)9-7-14/h3-9,11,13,20H,10,12H2,1-2H3,(H,21,22). The fourth-order valence-electron chi connectivity index (χ4n) is 2.10. The lowest BCUT2D eigenvalue weighted by Gasteiger charge is -2.10. The van der Waals surface area contributed by atoms with Gasteiger partial charge >= 0.3 is 0 Å². The molecule has 2 aromatic rings. The molecule has 0 fully saturated rings. The van der Waals surface area contributed by atoms with Crippen molar-refractivity contribution >= 4 is 28.9 Å². The lowest BCUT2D eigenvalue weighted by molar-refractivity contribution is -0.116. The smallest absolute Gasteiger partial charge is 0.224 e. The Balaban J connectivity index is 1.93. The number of rotatable bonds is 6. The number of hydrogen-bond acceptors (Lipinski definition) is 2. The molecule has 2 aromatic carbocycles. The van der Waals surface area contributed by atoms with Gasteiger partial charge in [0, 0.05) is 29.4 Å². The summed E-state index contributed by atoms with van der Waals surface area (Å²) in [5, 5.41) is 7.00. The molecule has 0 heterocycles. The molecule has 0 spiro atoms. The first kappa shape index (κ1) is 16.4. The van der Waals surface area contributed by atoms with Crippen LogP contribution in [0.3, 0.4) is 0 Å². The minimum atomic E-state index is 0.0462. The maximum absolute atomic E-state index is 11.8. The Hall–Kier alpha value is -2.00. The lowest BCUT2D eigenvalue weighted by atomic mass is 10.1. The van der Waals surface area contributed by atoms with Crippen molar-refractivity contribution in [2.45, 2.75) is 26.8 Å². The zero-order chi connectivity index (χ0) is 15.9. The van der Waals surface area contributed by atoms with E-state index in [9.17, 15) is 4.79 Å². The Labute approximate surface area is 136 Å². The van der Waals surface area contributed by atoms with Crippen molar-refractivity contribution < 1.29 is 4.79 Å². The molecule has 0 aromatic heterocycles. The molecule has 0 unspecified atom stereocenters. The normalized spacial score (nSPS) is 10.5. The van der Waals surface area contributed by atoms with Crippen molar-refractivity contribution in [1.29, 1.82) is 0 Å². The first-order valence-corrected chi connectivity index (χ1v) is 7.79. The minimum absolute atomic E-state index is 0.0462. The van der Waals surface area contributed by atoms with Crippen molar-refractivity contribution in [3.63, 3.8) is 0 Å². The van der Waals surface area contributed by atoms with Crippen LogP contribution in [0.1, 0.15) is 25.8 Å². The number of amides is 1. The van der Waals surface area contributed by atoms with Gasteiger partial charge in [-0.15, -0.1) is 0 Å². The Morgan fingerprint density at radius 3 is 2.45 bits per heavy atom. The number of halogens is 1. The Morgan fingerprint density at radius 1 is 1.09 bits per heavy atom. The first-order chi connectivity index (χ1) is 10.5. The summed E-state index contributed by atoms with van der Waals surface area (Å²) >= 11 is 5.87. The maximum Gasteiger partial charge on any atom is 0.224 e. The van der Waals surface area contributed by atoms with E-state index in [1.165, 1.54) is 0 Å². The van der Waals surface area contributed by atoms with Gasteiger partial charge in [0.1, 0.15) is 0 Å². The van der Waals surface area contributed by atoms with Gasteiger partial charge in [-0.1, -0.05) is 43.6 Å². The molecule has 0 aliphatic rings. The van der Waals surface area contributed by atoms with Crippen LogP contribution < -0.4 is 10.6 Å². The SMILES string of the molecule is CC(C)CC(=O)Nc1cccc(NCc2ccc(Cl)cc2)c1. The highest BCUT2D eigenvalue weighted by Crippen LogP contribution is 2.17. The largest absolute Gasteiger partial charge is 0.381 e. The second kappa shape index (κ2) is 7.85. The third kappa shape index (κ3) is 5.41. The zero-order valence-electron chi connectivity index (χ0n) is 12.9. The highest BCUT2D eigenvalue weighted by Gasteiger charge is 2.05. The van der Waals surface area contributed by atoms with E-state index >= 15 is 0 Å². The fraction of sp³-hybridized carbons (Fsp3) is 0.278. The van der Waals surface area contributed by atoms with Gasteiger partial charge in [0.2, 0.25) is 5.91 Å². The van der Waals surface area contributed by atoms with Gasteiger partial charge in [-0.05, 0) is 41.8 Å². The molecular weight excluding hydrogens is 296 g/mol. The molecule has 0 bridgehead atoms. The summed E-state index contributed by atoms with van der Waals surface area (Å²) in [7, 11) is 0. The number of benzene rings is 2. The topological polar surface area (TPSA) is 41.1 Å². The summed E-state index contributed by atoms with van der Waals surface area (Å²) in [5.41, 5.74) is 2.93. The number of nitrogens with one attached hydrogen (secondary N) is 2. The second-order valence-corrected chi connectivity index (χ2v) is 6.14. The van der Waals surface area contributed by atoms with E-state index in [0.29, 0.717) is 18.9 Å². The van der Waals surface area contributed by atoms with Gasteiger partial charge < -0.3 is 10.6 Å².